The summed E-state index contributed by atoms with van der Waals surface area (Å²) in [7, 11) is 0. The van der Waals surface area contributed by atoms with Gasteiger partial charge in [-0.3, -0.25) is 4.79 Å². The fraction of sp³-hybridized carbons (Fsp3) is 0.462. The van der Waals surface area contributed by atoms with Gasteiger partial charge in [0.25, 0.3) is 0 Å². The maximum Gasteiger partial charge on any atom is 0.309 e. The molecule has 1 rings (SSSR count). The minimum atomic E-state index is -0.815. The molecule has 0 atom stereocenters. The Labute approximate surface area is 101 Å². The minimum Gasteiger partial charge on any atom is -0.481 e. The van der Waals surface area contributed by atoms with Crippen molar-refractivity contribution < 1.29 is 14.3 Å². The second-order valence-electron chi connectivity index (χ2n) is 4.71. The fourth-order valence-electron chi connectivity index (χ4n) is 1.37. The number of carbonyl (C=O) groups is 1. The summed E-state index contributed by atoms with van der Waals surface area (Å²) in [5.74, 6) is -1.05. The molecule has 1 aromatic carbocycles. The van der Waals surface area contributed by atoms with Crippen LogP contribution in [-0.2, 0) is 11.3 Å². The van der Waals surface area contributed by atoms with E-state index < -0.39 is 11.4 Å². The SMILES string of the molecule is CC(C)(CCNCc1ccccc1F)C(=O)O. The number of nitrogens with one attached hydrogen (secondary N) is 1. The first-order valence-corrected chi connectivity index (χ1v) is 5.61. The first kappa shape index (κ1) is 13.6. The van der Waals surface area contributed by atoms with Gasteiger partial charge in [-0.15, -0.1) is 0 Å². The number of carboxylic acid groups (broad SMARTS) is 1. The maximum absolute atomic E-state index is 13.2. The Morgan fingerprint density at radius 2 is 2.06 bits per heavy atom. The van der Waals surface area contributed by atoms with Gasteiger partial charge in [0.2, 0.25) is 0 Å². The molecule has 0 fully saturated rings. The van der Waals surface area contributed by atoms with Crippen LogP contribution < -0.4 is 5.32 Å². The molecule has 0 bridgehead atoms. The highest BCUT2D eigenvalue weighted by Gasteiger charge is 2.26. The van der Waals surface area contributed by atoms with Crippen LogP contribution in [0.2, 0.25) is 0 Å². The van der Waals surface area contributed by atoms with E-state index in [0.29, 0.717) is 25.1 Å². The first-order valence-electron chi connectivity index (χ1n) is 5.61. The number of hydrogen-bond donors (Lipinski definition) is 2. The zero-order valence-corrected chi connectivity index (χ0v) is 10.2. The highest BCUT2D eigenvalue weighted by Crippen LogP contribution is 2.19. The van der Waals surface area contributed by atoms with Crippen LogP contribution in [0.15, 0.2) is 24.3 Å². The zero-order chi connectivity index (χ0) is 12.9. The summed E-state index contributed by atoms with van der Waals surface area (Å²) in [4.78, 5) is 10.9. The molecular formula is C13H18FNO2. The van der Waals surface area contributed by atoms with Crippen LogP contribution in [-0.4, -0.2) is 17.6 Å². The van der Waals surface area contributed by atoms with Crippen LogP contribution in [0.5, 0.6) is 0 Å². The minimum absolute atomic E-state index is 0.238. The molecule has 0 aromatic heterocycles. The highest BCUT2D eigenvalue weighted by molar-refractivity contribution is 5.73. The molecule has 94 valence electrons. The Kier molecular flexibility index (Phi) is 4.63. The van der Waals surface area contributed by atoms with E-state index in [9.17, 15) is 9.18 Å². The van der Waals surface area contributed by atoms with E-state index in [1.165, 1.54) is 6.07 Å². The Bertz CT molecular complexity index is 391. The van der Waals surface area contributed by atoms with Gasteiger partial charge < -0.3 is 10.4 Å². The van der Waals surface area contributed by atoms with E-state index in [1.54, 1.807) is 32.0 Å². The van der Waals surface area contributed by atoms with E-state index in [-0.39, 0.29) is 5.82 Å². The van der Waals surface area contributed by atoms with E-state index in [0.717, 1.165) is 0 Å². The van der Waals surface area contributed by atoms with Crippen LogP contribution in [0.1, 0.15) is 25.8 Å². The average molecular weight is 239 g/mol. The third-order valence-corrected chi connectivity index (χ3v) is 2.78. The summed E-state index contributed by atoms with van der Waals surface area (Å²) in [5.41, 5.74) is -0.150. The van der Waals surface area contributed by atoms with E-state index in [4.69, 9.17) is 5.11 Å². The number of halogens is 1. The van der Waals surface area contributed by atoms with Gasteiger partial charge in [0.05, 0.1) is 5.41 Å². The van der Waals surface area contributed by atoms with Gasteiger partial charge >= 0.3 is 5.97 Å². The Morgan fingerprint density at radius 1 is 1.41 bits per heavy atom. The van der Waals surface area contributed by atoms with Gasteiger partial charge in [0.15, 0.2) is 0 Å². The Balaban J connectivity index is 2.35. The molecule has 2 N–H and O–H groups in total. The average Bonchev–Trinajstić information content (AvgIpc) is 2.26. The van der Waals surface area contributed by atoms with Crippen molar-refractivity contribution in [2.45, 2.75) is 26.8 Å². The van der Waals surface area contributed by atoms with Crippen LogP contribution in [0.25, 0.3) is 0 Å². The first-order chi connectivity index (χ1) is 7.93. The summed E-state index contributed by atoms with van der Waals surface area (Å²) in [6.45, 7) is 4.33. The zero-order valence-electron chi connectivity index (χ0n) is 10.2. The molecule has 0 heterocycles. The van der Waals surface area contributed by atoms with E-state index in [1.807, 2.05) is 0 Å². The van der Waals surface area contributed by atoms with Gasteiger partial charge in [-0.25, -0.2) is 4.39 Å². The van der Waals surface area contributed by atoms with Crippen molar-refractivity contribution >= 4 is 5.97 Å². The lowest BCUT2D eigenvalue weighted by molar-refractivity contribution is -0.147. The Hall–Kier alpha value is -1.42. The summed E-state index contributed by atoms with van der Waals surface area (Å²) < 4.78 is 13.2. The molecule has 0 amide bonds. The summed E-state index contributed by atoms with van der Waals surface area (Å²) in [6.07, 6.45) is 0.511. The molecule has 0 saturated carbocycles. The molecular weight excluding hydrogens is 221 g/mol. The van der Waals surface area contributed by atoms with Crippen LogP contribution in [0.3, 0.4) is 0 Å². The second kappa shape index (κ2) is 5.77. The molecule has 0 saturated heterocycles. The van der Waals surface area contributed by atoms with Crippen LogP contribution in [0.4, 0.5) is 4.39 Å². The second-order valence-corrected chi connectivity index (χ2v) is 4.71. The molecule has 0 aliphatic heterocycles. The van der Waals surface area contributed by atoms with E-state index >= 15 is 0 Å². The molecule has 17 heavy (non-hydrogen) atoms. The van der Waals surface area contributed by atoms with Crippen molar-refractivity contribution in [2.75, 3.05) is 6.54 Å². The van der Waals surface area contributed by atoms with Gasteiger partial charge in [-0.2, -0.15) is 0 Å². The molecule has 0 aliphatic rings. The smallest absolute Gasteiger partial charge is 0.309 e. The van der Waals surface area contributed by atoms with Gasteiger partial charge in [-0.1, -0.05) is 18.2 Å². The summed E-state index contributed by atoms with van der Waals surface area (Å²) >= 11 is 0. The van der Waals surface area contributed by atoms with Gasteiger partial charge in [-0.05, 0) is 32.9 Å². The van der Waals surface area contributed by atoms with Crippen molar-refractivity contribution in [3.05, 3.63) is 35.6 Å². The van der Waals surface area contributed by atoms with Crippen LogP contribution in [0, 0.1) is 11.2 Å². The van der Waals surface area contributed by atoms with Crippen molar-refractivity contribution in [3.8, 4) is 0 Å². The third kappa shape index (κ3) is 4.15. The number of carboxylic acids is 1. The molecule has 0 radical (unpaired) electrons. The number of benzene rings is 1. The lowest BCUT2D eigenvalue weighted by Gasteiger charge is -2.18. The third-order valence-electron chi connectivity index (χ3n) is 2.78. The van der Waals surface area contributed by atoms with Crippen molar-refractivity contribution in [2.24, 2.45) is 5.41 Å². The predicted molar refractivity (Wildman–Crippen MR) is 64.1 cm³/mol. The summed E-state index contributed by atoms with van der Waals surface area (Å²) in [6, 6.07) is 6.55. The lowest BCUT2D eigenvalue weighted by Crippen LogP contribution is -2.28. The fourth-order valence-corrected chi connectivity index (χ4v) is 1.37. The van der Waals surface area contributed by atoms with Gasteiger partial charge in [0.1, 0.15) is 5.82 Å². The van der Waals surface area contributed by atoms with E-state index in [2.05, 4.69) is 5.32 Å². The topological polar surface area (TPSA) is 49.3 Å². The van der Waals surface area contributed by atoms with Crippen LogP contribution >= 0.6 is 0 Å². The Morgan fingerprint density at radius 3 is 2.65 bits per heavy atom. The molecule has 0 unspecified atom stereocenters. The molecule has 0 aliphatic carbocycles. The molecule has 3 nitrogen and oxygen atoms in total. The summed E-state index contributed by atoms with van der Waals surface area (Å²) in [5, 5.41) is 12.0. The molecule has 4 heteroatoms. The van der Waals surface area contributed by atoms with Crippen molar-refractivity contribution in [3.63, 3.8) is 0 Å². The predicted octanol–water partition coefficient (Wildman–Crippen LogP) is 2.42. The highest BCUT2D eigenvalue weighted by atomic mass is 19.1. The van der Waals surface area contributed by atoms with Gasteiger partial charge in [0, 0.05) is 12.1 Å². The number of hydrogen-bond acceptors (Lipinski definition) is 2. The van der Waals surface area contributed by atoms with Crippen molar-refractivity contribution in [1.29, 1.82) is 0 Å². The normalized spacial score (nSPS) is 11.5. The quantitative estimate of drug-likeness (QED) is 0.749. The van der Waals surface area contributed by atoms with Crippen molar-refractivity contribution in [1.82, 2.24) is 5.32 Å². The molecule has 1 aromatic rings. The number of aliphatic carboxylic acids is 1. The molecule has 0 spiro atoms. The largest absolute Gasteiger partial charge is 0.481 e. The standard InChI is InChI=1S/C13H18FNO2/c1-13(2,12(16)17)7-8-15-9-10-5-3-4-6-11(10)14/h3-6,15H,7-9H2,1-2H3,(H,16,17). The lowest BCUT2D eigenvalue weighted by atomic mass is 9.90. The maximum atomic E-state index is 13.2. The number of rotatable bonds is 6. The monoisotopic (exact) mass is 239 g/mol.